The molecule has 142 valence electrons. The third-order valence-electron chi connectivity index (χ3n) is 4.85. The molecule has 3 rings (SSSR count). The molecule has 0 spiro atoms. The van der Waals surface area contributed by atoms with E-state index >= 15 is 0 Å². The fourth-order valence-corrected chi connectivity index (χ4v) is 3.16. The van der Waals surface area contributed by atoms with E-state index in [1.54, 1.807) is 18.5 Å². The Hall–Kier alpha value is -2.96. The summed E-state index contributed by atoms with van der Waals surface area (Å²) < 4.78 is 0. The van der Waals surface area contributed by atoms with Crippen LogP contribution in [-0.2, 0) is 9.59 Å². The van der Waals surface area contributed by atoms with Gasteiger partial charge in [-0.25, -0.2) is 9.97 Å². The predicted molar refractivity (Wildman–Crippen MR) is 105 cm³/mol. The van der Waals surface area contributed by atoms with Crippen LogP contribution in [0.4, 0.5) is 11.6 Å². The van der Waals surface area contributed by atoms with Crippen LogP contribution in [0.25, 0.3) is 0 Å². The molecule has 0 saturated carbocycles. The molecule has 0 bridgehead atoms. The van der Waals surface area contributed by atoms with E-state index in [1.165, 1.54) is 0 Å². The fraction of sp³-hybridized carbons (Fsp3) is 0.400. The average molecular weight is 367 g/mol. The molecule has 0 atom stereocenters. The second kappa shape index (κ2) is 8.62. The van der Waals surface area contributed by atoms with Crippen LogP contribution in [0.5, 0.6) is 0 Å². The summed E-state index contributed by atoms with van der Waals surface area (Å²) in [6.45, 7) is 6.04. The summed E-state index contributed by atoms with van der Waals surface area (Å²) in [4.78, 5) is 34.9. The Morgan fingerprint density at radius 1 is 1.11 bits per heavy atom. The van der Waals surface area contributed by atoms with Crippen molar-refractivity contribution < 1.29 is 9.59 Å². The van der Waals surface area contributed by atoms with Gasteiger partial charge in [-0.15, -0.1) is 0 Å². The van der Waals surface area contributed by atoms with Gasteiger partial charge in [0, 0.05) is 37.7 Å². The van der Waals surface area contributed by atoms with Crippen LogP contribution < -0.4 is 15.5 Å². The van der Waals surface area contributed by atoms with E-state index < -0.39 is 11.8 Å². The van der Waals surface area contributed by atoms with Crippen molar-refractivity contribution in [3.8, 4) is 0 Å². The smallest absolute Gasteiger partial charge is 0.313 e. The Balaban J connectivity index is 1.44. The second-order valence-corrected chi connectivity index (χ2v) is 6.96. The normalized spacial score (nSPS) is 14.7. The van der Waals surface area contributed by atoms with Crippen LogP contribution in [0.2, 0.25) is 0 Å². The Morgan fingerprint density at radius 2 is 1.81 bits per heavy atom. The van der Waals surface area contributed by atoms with Crippen molar-refractivity contribution in [3.05, 3.63) is 47.8 Å². The molecule has 27 heavy (non-hydrogen) atoms. The maximum Gasteiger partial charge on any atom is 0.313 e. The number of carbonyl (C=O) groups excluding carboxylic acids is 2. The van der Waals surface area contributed by atoms with E-state index in [4.69, 9.17) is 0 Å². The van der Waals surface area contributed by atoms with Crippen molar-refractivity contribution in [2.45, 2.75) is 26.7 Å². The molecule has 1 aliphatic heterocycles. The van der Waals surface area contributed by atoms with Gasteiger partial charge in [0.05, 0.1) is 0 Å². The number of amides is 2. The van der Waals surface area contributed by atoms with Crippen LogP contribution in [0.1, 0.15) is 24.0 Å². The number of anilines is 2. The number of piperidine rings is 1. The topological polar surface area (TPSA) is 87.2 Å². The number of nitrogens with one attached hydrogen (secondary N) is 2. The minimum atomic E-state index is -0.626. The lowest BCUT2D eigenvalue weighted by Crippen LogP contribution is -2.42. The zero-order chi connectivity index (χ0) is 19.2. The summed E-state index contributed by atoms with van der Waals surface area (Å²) in [5.41, 5.74) is 2.63. The largest absolute Gasteiger partial charge is 0.348 e. The quantitative estimate of drug-likeness (QED) is 0.808. The van der Waals surface area contributed by atoms with E-state index in [9.17, 15) is 9.59 Å². The van der Waals surface area contributed by atoms with Gasteiger partial charge in [0.1, 0.15) is 0 Å². The lowest BCUT2D eigenvalue weighted by molar-refractivity contribution is -0.136. The maximum atomic E-state index is 12.1. The van der Waals surface area contributed by atoms with Crippen LogP contribution in [0.15, 0.2) is 36.7 Å². The average Bonchev–Trinajstić information content (AvgIpc) is 2.70. The number of aryl methyl sites for hydroxylation is 2. The highest BCUT2D eigenvalue weighted by Gasteiger charge is 2.22. The van der Waals surface area contributed by atoms with Crippen LogP contribution >= 0.6 is 0 Å². The molecule has 2 amide bonds. The molecular formula is C20H25N5O2. The zero-order valence-corrected chi connectivity index (χ0v) is 15.7. The molecule has 1 fully saturated rings. The molecule has 7 nitrogen and oxygen atoms in total. The third-order valence-corrected chi connectivity index (χ3v) is 4.85. The Labute approximate surface area is 159 Å². The molecule has 0 unspecified atom stereocenters. The number of benzene rings is 1. The number of rotatable bonds is 4. The molecule has 0 aliphatic carbocycles. The summed E-state index contributed by atoms with van der Waals surface area (Å²) in [6.07, 6.45) is 5.33. The Morgan fingerprint density at radius 3 is 2.52 bits per heavy atom. The minimum Gasteiger partial charge on any atom is -0.348 e. The van der Waals surface area contributed by atoms with Crippen molar-refractivity contribution in [2.75, 3.05) is 29.9 Å². The molecule has 2 N–H and O–H groups in total. The summed E-state index contributed by atoms with van der Waals surface area (Å²) in [5, 5.41) is 5.45. The minimum absolute atomic E-state index is 0.349. The summed E-state index contributed by atoms with van der Waals surface area (Å²) >= 11 is 0. The van der Waals surface area contributed by atoms with Crippen molar-refractivity contribution in [3.63, 3.8) is 0 Å². The monoisotopic (exact) mass is 367 g/mol. The Kier molecular flexibility index (Phi) is 6.01. The van der Waals surface area contributed by atoms with Crippen LogP contribution in [-0.4, -0.2) is 41.4 Å². The first kappa shape index (κ1) is 18.8. The molecule has 1 aromatic heterocycles. The number of hydrogen-bond acceptors (Lipinski definition) is 5. The van der Waals surface area contributed by atoms with Gasteiger partial charge >= 0.3 is 11.8 Å². The van der Waals surface area contributed by atoms with Gasteiger partial charge in [-0.1, -0.05) is 12.1 Å². The molecule has 2 aromatic rings. The first-order valence-electron chi connectivity index (χ1n) is 9.21. The predicted octanol–water partition coefficient (Wildman–Crippen LogP) is 2.06. The molecule has 1 saturated heterocycles. The summed E-state index contributed by atoms with van der Waals surface area (Å²) in [5.74, 6) is -0.126. The van der Waals surface area contributed by atoms with E-state index in [0.29, 0.717) is 18.2 Å². The van der Waals surface area contributed by atoms with Crippen LogP contribution in [0, 0.1) is 19.8 Å². The fourth-order valence-electron chi connectivity index (χ4n) is 3.16. The summed E-state index contributed by atoms with van der Waals surface area (Å²) in [7, 11) is 0. The van der Waals surface area contributed by atoms with E-state index in [0.717, 1.165) is 43.0 Å². The van der Waals surface area contributed by atoms with Crippen LogP contribution in [0.3, 0.4) is 0 Å². The summed E-state index contributed by atoms with van der Waals surface area (Å²) in [6, 6.07) is 7.56. The first-order valence-corrected chi connectivity index (χ1v) is 9.21. The van der Waals surface area contributed by atoms with Gasteiger partial charge in [-0.2, -0.15) is 0 Å². The van der Waals surface area contributed by atoms with Gasteiger partial charge < -0.3 is 15.5 Å². The lowest BCUT2D eigenvalue weighted by Gasteiger charge is -2.31. The third kappa shape index (κ3) is 5.03. The van der Waals surface area contributed by atoms with E-state index in [2.05, 4.69) is 25.5 Å². The molecular weight excluding hydrogens is 342 g/mol. The number of carbonyl (C=O) groups is 2. The van der Waals surface area contributed by atoms with E-state index in [-0.39, 0.29) is 0 Å². The SMILES string of the molecule is Cc1ccc(C)c(NC(=O)C(=O)NCC2CCN(c3ncccn3)CC2)c1. The van der Waals surface area contributed by atoms with E-state index in [1.807, 2.05) is 32.0 Å². The van der Waals surface area contributed by atoms with Crippen molar-refractivity contribution in [1.29, 1.82) is 0 Å². The van der Waals surface area contributed by atoms with Gasteiger partial charge in [0.25, 0.3) is 0 Å². The van der Waals surface area contributed by atoms with Crippen molar-refractivity contribution >= 4 is 23.5 Å². The molecule has 2 heterocycles. The molecule has 1 aliphatic rings. The van der Waals surface area contributed by atoms with Gasteiger partial charge in [-0.05, 0) is 55.9 Å². The molecule has 1 aromatic carbocycles. The van der Waals surface area contributed by atoms with Gasteiger partial charge in [0.2, 0.25) is 5.95 Å². The first-order chi connectivity index (χ1) is 13.0. The number of hydrogen-bond donors (Lipinski definition) is 2. The molecule has 0 radical (unpaired) electrons. The highest BCUT2D eigenvalue weighted by molar-refractivity contribution is 6.39. The standard InChI is InChI=1S/C20H25N5O2/c1-14-4-5-15(2)17(12-14)24-19(27)18(26)23-13-16-6-10-25(11-7-16)20-21-8-3-9-22-20/h3-5,8-9,12,16H,6-7,10-11,13H2,1-2H3,(H,23,26)(H,24,27). The lowest BCUT2D eigenvalue weighted by atomic mass is 9.97. The zero-order valence-electron chi connectivity index (χ0n) is 15.7. The van der Waals surface area contributed by atoms with Gasteiger partial charge in [-0.3, -0.25) is 9.59 Å². The highest BCUT2D eigenvalue weighted by Crippen LogP contribution is 2.20. The Bertz CT molecular complexity index is 801. The molecule has 7 heteroatoms. The van der Waals surface area contributed by atoms with Gasteiger partial charge in [0.15, 0.2) is 0 Å². The highest BCUT2D eigenvalue weighted by atomic mass is 16.2. The number of nitrogens with zero attached hydrogens (tertiary/aromatic N) is 3. The van der Waals surface area contributed by atoms with Crippen molar-refractivity contribution in [2.24, 2.45) is 5.92 Å². The van der Waals surface area contributed by atoms with Crippen molar-refractivity contribution in [1.82, 2.24) is 15.3 Å². The maximum absolute atomic E-state index is 12.1. The number of aromatic nitrogens is 2. The second-order valence-electron chi connectivity index (χ2n) is 6.96.